The summed E-state index contributed by atoms with van der Waals surface area (Å²) in [4.78, 5) is 27.5. The summed E-state index contributed by atoms with van der Waals surface area (Å²) in [7, 11) is 1.56. The molecule has 4 rings (SSSR count). The number of ketones is 1. The molecule has 0 aliphatic carbocycles. The number of carbonyl (C=O) groups excluding carboxylic acids is 2. The van der Waals surface area contributed by atoms with E-state index in [-0.39, 0.29) is 17.9 Å². The number of methoxy groups -OCH3 is 1. The van der Waals surface area contributed by atoms with Gasteiger partial charge in [0, 0.05) is 5.56 Å². The zero-order chi connectivity index (χ0) is 22.7. The van der Waals surface area contributed by atoms with Crippen molar-refractivity contribution >= 4 is 17.4 Å². The van der Waals surface area contributed by atoms with Crippen molar-refractivity contribution in [2.45, 2.75) is 19.5 Å². The van der Waals surface area contributed by atoms with E-state index in [0.29, 0.717) is 35.0 Å². The fourth-order valence-electron chi connectivity index (χ4n) is 3.80. The third-order valence-corrected chi connectivity index (χ3v) is 5.30. The molecule has 0 bridgehead atoms. The number of hydrogen-bond acceptors (Lipinski definition) is 6. The number of nitrogens with zero attached hydrogens (tertiary/aromatic N) is 1. The summed E-state index contributed by atoms with van der Waals surface area (Å²) in [6.45, 7) is 2.41. The van der Waals surface area contributed by atoms with E-state index in [0.717, 1.165) is 0 Å². The summed E-state index contributed by atoms with van der Waals surface area (Å²) in [5, 5.41) is 11.2. The quantitative estimate of drug-likeness (QED) is 0.339. The first-order chi connectivity index (χ1) is 15.5. The minimum atomic E-state index is -0.790. The Bertz CT molecular complexity index is 1150. The molecule has 32 heavy (non-hydrogen) atoms. The Morgan fingerprint density at radius 2 is 1.84 bits per heavy atom. The number of aliphatic hydroxyl groups is 1. The maximum Gasteiger partial charge on any atom is 0.296 e. The first-order valence-electron chi connectivity index (χ1n) is 10.2. The minimum Gasteiger partial charge on any atom is -0.507 e. The molecule has 7 heteroatoms. The van der Waals surface area contributed by atoms with E-state index in [4.69, 9.17) is 13.9 Å². The fraction of sp³-hybridized carbons (Fsp3) is 0.200. The van der Waals surface area contributed by atoms with Gasteiger partial charge >= 0.3 is 0 Å². The van der Waals surface area contributed by atoms with Crippen molar-refractivity contribution in [3.05, 3.63) is 89.4 Å². The first kappa shape index (κ1) is 21.2. The van der Waals surface area contributed by atoms with Crippen molar-refractivity contribution < 1.29 is 28.6 Å². The second-order valence-corrected chi connectivity index (χ2v) is 7.24. The number of benzene rings is 2. The van der Waals surface area contributed by atoms with E-state index in [2.05, 4.69) is 0 Å². The number of hydrogen-bond donors (Lipinski definition) is 1. The molecule has 0 spiro atoms. The Balaban J connectivity index is 1.84. The molecule has 2 aromatic carbocycles. The second kappa shape index (κ2) is 9.01. The van der Waals surface area contributed by atoms with Gasteiger partial charge in [0.1, 0.15) is 23.0 Å². The van der Waals surface area contributed by atoms with Crippen LogP contribution in [0.5, 0.6) is 11.5 Å². The van der Waals surface area contributed by atoms with Gasteiger partial charge in [-0.25, -0.2) is 0 Å². The van der Waals surface area contributed by atoms with Crippen molar-refractivity contribution in [3.63, 3.8) is 0 Å². The molecule has 164 valence electrons. The number of likely N-dealkylation sites (tertiary alicyclic amines) is 1. The van der Waals surface area contributed by atoms with Crippen molar-refractivity contribution in [3.8, 4) is 11.5 Å². The predicted molar refractivity (Wildman–Crippen MR) is 117 cm³/mol. The summed E-state index contributed by atoms with van der Waals surface area (Å²) in [5.74, 6) is 0.0151. The summed E-state index contributed by atoms with van der Waals surface area (Å²) < 4.78 is 16.1. The molecule has 1 aliphatic heterocycles. The van der Waals surface area contributed by atoms with Gasteiger partial charge < -0.3 is 23.9 Å². The fourth-order valence-corrected chi connectivity index (χ4v) is 3.80. The third-order valence-electron chi connectivity index (χ3n) is 5.30. The van der Waals surface area contributed by atoms with Gasteiger partial charge in [-0.2, -0.15) is 0 Å². The molecular weight excluding hydrogens is 410 g/mol. The summed E-state index contributed by atoms with van der Waals surface area (Å²) >= 11 is 0. The lowest BCUT2D eigenvalue weighted by Crippen LogP contribution is -2.29. The van der Waals surface area contributed by atoms with Crippen LogP contribution in [0.3, 0.4) is 0 Å². The lowest BCUT2D eigenvalue weighted by Gasteiger charge is -2.24. The molecule has 1 amide bonds. The highest BCUT2D eigenvalue weighted by Gasteiger charge is 2.46. The van der Waals surface area contributed by atoms with Gasteiger partial charge in [0.15, 0.2) is 0 Å². The van der Waals surface area contributed by atoms with Gasteiger partial charge in [-0.05, 0) is 48.9 Å². The molecule has 1 aliphatic rings. The number of aliphatic hydroxyl groups excluding tert-OH is 1. The number of ether oxygens (including phenoxy) is 2. The van der Waals surface area contributed by atoms with Crippen LogP contribution < -0.4 is 9.47 Å². The Labute approximate surface area is 185 Å². The van der Waals surface area contributed by atoms with Gasteiger partial charge in [-0.1, -0.05) is 24.3 Å². The smallest absolute Gasteiger partial charge is 0.296 e. The van der Waals surface area contributed by atoms with Gasteiger partial charge in [-0.3, -0.25) is 9.59 Å². The van der Waals surface area contributed by atoms with Gasteiger partial charge in [0.05, 0.1) is 38.1 Å². The summed E-state index contributed by atoms with van der Waals surface area (Å²) in [6.07, 6.45) is 1.51. The number of Topliss-reactive ketones (excluding diaryl/α,β-unsaturated/α-hetero) is 1. The highest BCUT2D eigenvalue weighted by atomic mass is 16.5. The standard InChI is InChI=1S/C25H23NO6/c1-3-31-19-7-4-6-17(14-19)23(27)21-22(16-9-11-18(30-2)12-10-16)26(25(29)24(21)28)15-20-8-5-13-32-20/h4-14,22,27H,3,15H2,1-2H3/b23-21-. The van der Waals surface area contributed by atoms with E-state index in [1.807, 2.05) is 6.92 Å². The third kappa shape index (κ3) is 3.97. The molecule has 1 N–H and O–H groups in total. The van der Waals surface area contributed by atoms with Crippen LogP contribution in [-0.4, -0.2) is 35.4 Å². The van der Waals surface area contributed by atoms with Gasteiger partial charge in [0.25, 0.3) is 11.7 Å². The van der Waals surface area contributed by atoms with E-state index in [9.17, 15) is 14.7 Å². The van der Waals surface area contributed by atoms with Crippen LogP contribution in [0.2, 0.25) is 0 Å². The van der Waals surface area contributed by atoms with E-state index in [1.165, 1.54) is 11.2 Å². The first-order valence-corrected chi connectivity index (χ1v) is 10.2. The van der Waals surface area contributed by atoms with Crippen LogP contribution in [0.25, 0.3) is 5.76 Å². The van der Waals surface area contributed by atoms with Gasteiger partial charge in [0.2, 0.25) is 0 Å². The highest BCUT2D eigenvalue weighted by Crippen LogP contribution is 2.41. The van der Waals surface area contributed by atoms with Crippen molar-refractivity contribution in [1.29, 1.82) is 0 Å². The molecule has 1 atom stereocenters. The number of amides is 1. The van der Waals surface area contributed by atoms with Crippen LogP contribution in [0.15, 0.2) is 76.9 Å². The van der Waals surface area contributed by atoms with Gasteiger partial charge in [-0.15, -0.1) is 0 Å². The molecule has 0 saturated carbocycles. The molecule has 2 heterocycles. The maximum absolute atomic E-state index is 13.1. The van der Waals surface area contributed by atoms with Crippen LogP contribution in [-0.2, 0) is 16.1 Å². The molecular formula is C25H23NO6. The summed E-state index contributed by atoms with van der Waals surface area (Å²) in [5.41, 5.74) is 1.07. The Morgan fingerprint density at radius 1 is 1.06 bits per heavy atom. The Hall–Kier alpha value is -4.00. The Kier molecular flexibility index (Phi) is 5.98. The monoisotopic (exact) mass is 433 g/mol. The Morgan fingerprint density at radius 3 is 2.50 bits per heavy atom. The highest BCUT2D eigenvalue weighted by molar-refractivity contribution is 6.46. The van der Waals surface area contributed by atoms with E-state index < -0.39 is 17.7 Å². The molecule has 7 nitrogen and oxygen atoms in total. The predicted octanol–water partition coefficient (Wildman–Crippen LogP) is 4.31. The lowest BCUT2D eigenvalue weighted by molar-refractivity contribution is -0.140. The van der Waals surface area contributed by atoms with E-state index >= 15 is 0 Å². The van der Waals surface area contributed by atoms with E-state index in [1.54, 1.807) is 67.8 Å². The molecule has 0 radical (unpaired) electrons. The van der Waals surface area contributed by atoms with Crippen molar-refractivity contribution in [2.75, 3.05) is 13.7 Å². The maximum atomic E-state index is 13.1. The zero-order valence-electron chi connectivity index (χ0n) is 17.8. The normalized spacial score (nSPS) is 17.6. The lowest BCUT2D eigenvalue weighted by atomic mass is 9.95. The van der Waals surface area contributed by atoms with Crippen LogP contribution >= 0.6 is 0 Å². The molecule has 1 unspecified atom stereocenters. The van der Waals surface area contributed by atoms with Crippen LogP contribution in [0.4, 0.5) is 0 Å². The molecule has 3 aromatic rings. The average molecular weight is 433 g/mol. The van der Waals surface area contributed by atoms with Crippen LogP contribution in [0.1, 0.15) is 29.9 Å². The molecule has 1 aromatic heterocycles. The average Bonchev–Trinajstić information content (AvgIpc) is 3.41. The second-order valence-electron chi connectivity index (χ2n) is 7.24. The zero-order valence-corrected chi connectivity index (χ0v) is 17.8. The molecule has 1 fully saturated rings. The van der Waals surface area contributed by atoms with Crippen LogP contribution in [0, 0.1) is 0 Å². The number of carbonyl (C=O) groups is 2. The molecule has 1 saturated heterocycles. The number of rotatable bonds is 7. The SMILES string of the molecule is CCOc1cccc(/C(O)=C2/C(=O)C(=O)N(Cc3ccco3)C2c2ccc(OC)cc2)c1. The van der Waals surface area contributed by atoms with Crippen molar-refractivity contribution in [2.24, 2.45) is 0 Å². The topological polar surface area (TPSA) is 89.2 Å². The van der Waals surface area contributed by atoms with Crippen molar-refractivity contribution in [1.82, 2.24) is 4.90 Å². The minimum absolute atomic E-state index is 0.0142. The largest absolute Gasteiger partial charge is 0.507 e. The summed E-state index contributed by atoms with van der Waals surface area (Å²) in [6, 6.07) is 16.5. The number of furan rings is 1.